The molecule has 1 N–H and O–H groups in total. The third-order valence-electron chi connectivity index (χ3n) is 2.65. The smallest absolute Gasteiger partial charge is 0.267 e. The van der Waals surface area contributed by atoms with Crippen LogP contribution in [0.1, 0.15) is 22.8 Å². The molecule has 0 aliphatic carbocycles. The van der Waals surface area contributed by atoms with Gasteiger partial charge in [-0.1, -0.05) is 34.1 Å². The van der Waals surface area contributed by atoms with E-state index in [1.165, 1.54) is 24.3 Å². The Morgan fingerprint density at radius 1 is 1.15 bits per heavy atom. The van der Waals surface area contributed by atoms with E-state index in [-0.39, 0.29) is 5.56 Å². The normalized spacial score (nSPS) is 11.2. The molecule has 0 atom stereocenters. The molecule has 2 rings (SSSR count). The van der Waals surface area contributed by atoms with Gasteiger partial charge in [0.2, 0.25) is 0 Å². The van der Waals surface area contributed by atoms with E-state index in [1.54, 1.807) is 6.92 Å². The monoisotopic (exact) mass is 334 g/mol. The van der Waals surface area contributed by atoms with Gasteiger partial charge in [-0.2, -0.15) is 5.10 Å². The molecule has 0 aromatic heterocycles. The maximum atomic E-state index is 13.0. The second-order valence-electron chi connectivity index (χ2n) is 4.16. The van der Waals surface area contributed by atoms with E-state index >= 15 is 0 Å². The Labute approximate surface area is 124 Å². The topological polar surface area (TPSA) is 41.5 Å². The summed E-state index contributed by atoms with van der Waals surface area (Å²) in [7, 11) is 0. The molecule has 0 spiro atoms. The number of benzene rings is 2. The van der Waals surface area contributed by atoms with Crippen LogP contribution in [0.2, 0.25) is 0 Å². The zero-order valence-electron chi connectivity index (χ0n) is 10.7. The molecule has 0 heterocycles. The van der Waals surface area contributed by atoms with Gasteiger partial charge in [0.15, 0.2) is 0 Å². The fourth-order valence-electron chi connectivity index (χ4n) is 1.61. The Bertz CT molecular complexity index is 670. The zero-order chi connectivity index (χ0) is 14.5. The molecule has 1 amide bonds. The Morgan fingerprint density at radius 3 is 2.55 bits per heavy atom. The molecular formula is C15H12BrFN2O. The van der Waals surface area contributed by atoms with Crippen molar-refractivity contribution >= 4 is 27.5 Å². The van der Waals surface area contributed by atoms with Gasteiger partial charge in [0.25, 0.3) is 5.91 Å². The molecule has 0 saturated heterocycles. The minimum atomic E-state index is -0.453. The molecule has 0 aliphatic heterocycles. The number of nitrogens with zero attached hydrogens (tertiary/aromatic N) is 1. The highest BCUT2D eigenvalue weighted by atomic mass is 79.9. The summed E-state index contributed by atoms with van der Waals surface area (Å²) in [5.74, 6) is -0.899. The Morgan fingerprint density at radius 2 is 1.85 bits per heavy atom. The molecule has 102 valence electrons. The fraction of sp³-hybridized carbons (Fsp3) is 0.0667. The molecule has 3 nitrogen and oxygen atoms in total. The van der Waals surface area contributed by atoms with E-state index < -0.39 is 11.7 Å². The molecule has 0 aliphatic rings. The van der Waals surface area contributed by atoms with Gasteiger partial charge in [0.1, 0.15) is 5.82 Å². The minimum Gasteiger partial charge on any atom is -0.267 e. The highest BCUT2D eigenvalue weighted by Crippen LogP contribution is 2.12. The number of hydrazone groups is 1. The Balaban J connectivity index is 2.11. The summed E-state index contributed by atoms with van der Waals surface area (Å²) in [4.78, 5) is 11.8. The lowest BCUT2D eigenvalue weighted by Crippen LogP contribution is -2.19. The van der Waals surface area contributed by atoms with Crippen molar-refractivity contribution in [2.75, 3.05) is 0 Å². The van der Waals surface area contributed by atoms with Crippen molar-refractivity contribution in [3.63, 3.8) is 0 Å². The van der Waals surface area contributed by atoms with Gasteiger partial charge in [0, 0.05) is 10.0 Å². The molecule has 0 unspecified atom stereocenters. The van der Waals surface area contributed by atoms with E-state index in [4.69, 9.17) is 0 Å². The first-order chi connectivity index (χ1) is 9.56. The molecule has 2 aromatic carbocycles. The number of amides is 1. The van der Waals surface area contributed by atoms with Crippen LogP contribution in [0, 0.1) is 5.82 Å². The van der Waals surface area contributed by atoms with Gasteiger partial charge < -0.3 is 0 Å². The standard InChI is InChI=1S/C15H12BrFN2O/c1-10(11-4-2-6-13(16)8-11)18-19-15(20)12-5-3-7-14(17)9-12/h2-9H,1H3,(H,19,20). The molecule has 0 radical (unpaired) electrons. The number of hydrogen-bond donors (Lipinski definition) is 1. The van der Waals surface area contributed by atoms with Crippen LogP contribution in [0.15, 0.2) is 58.1 Å². The van der Waals surface area contributed by atoms with E-state index in [2.05, 4.69) is 26.5 Å². The molecule has 20 heavy (non-hydrogen) atoms. The highest BCUT2D eigenvalue weighted by molar-refractivity contribution is 9.10. The number of nitrogens with one attached hydrogen (secondary N) is 1. The van der Waals surface area contributed by atoms with Crippen molar-refractivity contribution in [1.82, 2.24) is 5.43 Å². The van der Waals surface area contributed by atoms with Crippen molar-refractivity contribution in [2.45, 2.75) is 6.92 Å². The highest BCUT2D eigenvalue weighted by Gasteiger charge is 2.05. The van der Waals surface area contributed by atoms with E-state index in [0.717, 1.165) is 10.0 Å². The first kappa shape index (κ1) is 14.4. The van der Waals surface area contributed by atoms with Crippen LogP contribution < -0.4 is 5.43 Å². The quantitative estimate of drug-likeness (QED) is 0.674. The van der Waals surface area contributed by atoms with Crippen molar-refractivity contribution in [2.24, 2.45) is 5.10 Å². The van der Waals surface area contributed by atoms with Crippen LogP contribution in [-0.4, -0.2) is 11.6 Å². The SMILES string of the molecule is CC(=NNC(=O)c1cccc(F)c1)c1cccc(Br)c1. The van der Waals surface area contributed by atoms with Gasteiger partial charge in [-0.15, -0.1) is 0 Å². The zero-order valence-corrected chi connectivity index (χ0v) is 12.3. The van der Waals surface area contributed by atoms with E-state index in [1.807, 2.05) is 24.3 Å². The lowest BCUT2D eigenvalue weighted by atomic mass is 10.1. The maximum absolute atomic E-state index is 13.0. The Hall–Kier alpha value is -2.01. The van der Waals surface area contributed by atoms with Crippen molar-refractivity contribution in [3.05, 3.63) is 69.9 Å². The molecule has 0 saturated carbocycles. The van der Waals surface area contributed by atoms with Crippen LogP contribution in [0.4, 0.5) is 4.39 Å². The lowest BCUT2D eigenvalue weighted by Gasteiger charge is -2.03. The number of rotatable bonds is 3. The lowest BCUT2D eigenvalue weighted by molar-refractivity contribution is 0.0954. The van der Waals surface area contributed by atoms with E-state index in [0.29, 0.717) is 5.71 Å². The second-order valence-corrected chi connectivity index (χ2v) is 5.07. The van der Waals surface area contributed by atoms with Crippen LogP contribution in [0.5, 0.6) is 0 Å². The van der Waals surface area contributed by atoms with Crippen LogP contribution in [-0.2, 0) is 0 Å². The van der Waals surface area contributed by atoms with Crippen LogP contribution >= 0.6 is 15.9 Å². The number of carbonyl (C=O) groups is 1. The van der Waals surface area contributed by atoms with Gasteiger partial charge in [0.05, 0.1) is 5.71 Å². The Kier molecular flexibility index (Phi) is 4.63. The van der Waals surface area contributed by atoms with Crippen LogP contribution in [0.3, 0.4) is 0 Å². The maximum Gasteiger partial charge on any atom is 0.271 e. The molecular weight excluding hydrogens is 323 g/mol. The first-order valence-electron chi connectivity index (χ1n) is 5.92. The summed E-state index contributed by atoms with van der Waals surface area (Å²) >= 11 is 3.37. The van der Waals surface area contributed by atoms with Gasteiger partial charge in [-0.25, -0.2) is 9.82 Å². The van der Waals surface area contributed by atoms with Crippen LogP contribution in [0.25, 0.3) is 0 Å². The minimum absolute atomic E-state index is 0.232. The third kappa shape index (κ3) is 3.74. The predicted molar refractivity (Wildman–Crippen MR) is 80.2 cm³/mol. The van der Waals surface area contributed by atoms with Gasteiger partial charge >= 0.3 is 0 Å². The summed E-state index contributed by atoms with van der Waals surface area (Å²) in [5.41, 5.74) is 4.19. The number of hydrogen-bond acceptors (Lipinski definition) is 2. The number of halogens is 2. The first-order valence-corrected chi connectivity index (χ1v) is 6.72. The van der Waals surface area contributed by atoms with Crippen molar-refractivity contribution < 1.29 is 9.18 Å². The average molecular weight is 335 g/mol. The van der Waals surface area contributed by atoms with E-state index in [9.17, 15) is 9.18 Å². The van der Waals surface area contributed by atoms with Crippen molar-refractivity contribution in [3.8, 4) is 0 Å². The second kappa shape index (κ2) is 6.43. The van der Waals surface area contributed by atoms with Gasteiger partial charge in [-0.3, -0.25) is 4.79 Å². The summed E-state index contributed by atoms with van der Waals surface area (Å²) in [6, 6.07) is 13.0. The summed E-state index contributed by atoms with van der Waals surface area (Å²) in [6.45, 7) is 1.79. The fourth-order valence-corrected chi connectivity index (χ4v) is 2.01. The molecule has 2 aromatic rings. The summed E-state index contributed by atoms with van der Waals surface area (Å²) in [5, 5.41) is 4.02. The average Bonchev–Trinajstić information content (AvgIpc) is 2.44. The summed E-state index contributed by atoms with van der Waals surface area (Å²) in [6.07, 6.45) is 0. The number of carbonyl (C=O) groups excluding carboxylic acids is 1. The van der Waals surface area contributed by atoms with Crippen molar-refractivity contribution in [1.29, 1.82) is 0 Å². The third-order valence-corrected chi connectivity index (χ3v) is 3.15. The molecule has 5 heteroatoms. The largest absolute Gasteiger partial charge is 0.271 e. The van der Waals surface area contributed by atoms with Gasteiger partial charge in [-0.05, 0) is 42.8 Å². The molecule has 0 fully saturated rings. The summed E-state index contributed by atoms with van der Waals surface area (Å²) < 4.78 is 13.9. The molecule has 0 bridgehead atoms. The predicted octanol–water partition coefficient (Wildman–Crippen LogP) is 3.74.